The zero-order chi connectivity index (χ0) is 14.7. The number of hydrogen-bond acceptors (Lipinski definition) is 3. The van der Waals surface area contributed by atoms with E-state index in [4.69, 9.17) is 0 Å². The van der Waals surface area contributed by atoms with Gasteiger partial charge in [-0.05, 0) is 49.9 Å². The Balaban J connectivity index is 1.63. The minimum atomic E-state index is -0.0479. The quantitative estimate of drug-likeness (QED) is 0.877. The number of piperidine rings is 1. The number of carbonyl (C=O) groups is 1. The van der Waals surface area contributed by atoms with Crippen molar-refractivity contribution >= 4 is 5.91 Å². The minimum Gasteiger partial charge on any atom is -0.341 e. The van der Waals surface area contributed by atoms with Gasteiger partial charge in [0.05, 0.1) is 6.04 Å². The van der Waals surface area contributed by atoms with Gasteiger partial charge in [0.2, 0.25) is 5.91 Å². The molecule has 114 valence electrons. The van der Waals surface area contributed by atoms with Crippen molar-refractivity contribution in [1.82, 2.24) is 15.5 Å². The summed E-state index contributed by atoms with van der Waals surface area (Å²) in [6.07, 6.45) is 3.18. The van der Waals surface area contributed by atoms with Crippen LogP contribution in [0.2, 0.25) is 0 Å². The van der Waals surface area contributed by atoms with Crippen molar-refractivity contribution < 1.29 is 4.79 Å². The van der Waals surface area contributed by atoms with Gasteiger partial charge in [0.1, 0.15) is 0 Å². The zero-order valence-electron chi connectivity index (χ0n) is 12.8. The van der Waals surface area contributed by atoms with Crippen molar-refractivity contribution in [2.75, 3.05) is 26.7 Å². The fourth-order valence-corrected chi connectivity index (χ4v) is 3.57. The van der Waals surface area contributed by atoms with Crippen LogP contribution in [-0.4, -0.2) is 43.5 Å². The molecule has 0 bridgehead atoms. The van der Waals surface area contributed by atoms with Crippen LogP contribution in [0.4, 0.5) is 0 Å². The maximum Gasteiger partial charge on any atom is 0.240 e. The first-order valence-electron chi connectivity index (χ1n) is 8.01. The average molecular weight is 287 g/mol. The van der Waals surface area contributed by atoms with Gasteiger partial charge >= 0.3 is 0 Å². The molecule has 2 atom stereocenters. The van der Waals surface area contributed by atoms with Crippen LogP contribution < -0.4 is 10.6 Å². The predicted molar refractivity (Wildman–Crippen MR) is 84.0 cm³/mol. The van der Waals surface area contributed by atoms with Crippen LogP contribution in [0.15, 0.2) is 24.3 Å². The Bertz CT molecular complexity index is 501. The molecule has 0 radical (unpaired) electrons. The zero-order valence-corrected chi connectivity index (χ0v) is 12.8. The standard InChI is InChI=1S/C17H25N3O/c1-18-10-13-5-4-8-20(12-13)17(21)16-9-14-6-2-3-7-15(14)11-19-16/h2-3,6-7,13,16,18-19H,4-5,8-12H2,1H3. The number of rotatable bonds is 3. The molecular weight excluding hydrogens is 262 g/mol. The molecule has 2 N–H and O–H groups in total. The molecule has 1 fully saturated rings. The van der Waals surface area contributed by atoms with E-state index in [1.165, 1.54) is 17.5 Å². The molecule has 2 heterocycles. The SMILES string of the molecule is CNCC1CCCN(C(=O)C2Cc3ccccc3CN2)C1. The van der Waals surface area contributed by atoms with Gasteiger partial charge in [-0.2, -0.15) is 0 Å². The van der Waals surface area contributed by atoms with E-state index in [1.807, 2.05) is 7.05 Å². The maximum atomic E-state index is 12.8. The molecule has 2 unspecified atom stereocenters. The third-order valence-electron chi connectivity index (χ3n) is 4.70. The lowest BCUT2D eigenvalue weighted by Crippen LogP contribution is -2.52. The normalized spacial score (nSPS) is 25.5. The van der Waals surface area contributed by atoms with E-state index in [0.29, 0.717) is 5.92 Å². The molecule has 3 rings (SSSR count). The molecule has 2 aliphatic heterocycles. The lowest BCUT2D eigenvalue weighted by Gasteiger charge is -2.36. The molecule has 1 saturated heterocycles. The van der Waals surface area contributed by atoms with Gasteiger partial charge in [-0.25, -0.2) is 0 Å². The average Bonchev–Trinajstić information content (AvgIpc) is 2.54. The highest BCUT2D eigenvalue weighted by molar-refractivity contribution is 5.82. The van der Waals surface area contributed by atoms with E-state index in [9.17, 15) is 4.79 Å². The summed E-state index contributed by atoms with van der Waals surface area (Å²) in [5.74, 6) is 0.883. The van der Waals surface area contributed by atoms with Gasteiger partial charge < -0.3 is 15.5 Å². The minimum absolute atomic E-state index is 0.0479. The second kappa shape index (κ2) is 6.58. The summed E-state index contributed by atoms with van der Waals surface area (Å²) < 4.78 is 0. The summed E-state index contributed by atoms with van der Waals surface area (Å²) in [4.78, 5) is 14.8. The van der Waals surface area contributed by atoms with Crippen LogP contribution in [0.1, 0.15) is 24.0 Å². The number of fused-ring (bicyclic) bond motifs is 1. The molecule has 21 heavy (non-hydrogen) atoms. The van der Waals surface area contributed by atoms with Crippen molar-refractivity contribution in [3.05, 3.63) is 35.4 Å². The van der Waals surface area contributed by atoms with Crippen molar-refractivity contribution in [3.63, 3.8) is 0 Å². The number of nitrogens with zero attached hydrogens (tertiary/aromatic N) is 1. The highest BCUT2D eigenvalue weighted by Crippen LogP contribution is 2.20. The molecular formula is C17H25N3O. The van der Waals surface area contributed by atoms with Crippen LogP contribution in [0.5, 0.6) is 0 Å². The third kappa shape index (κ3) is 3.27. The molecule has 0 aliphatic carbocycles. The van der Waals surface area contributed by atoms with Crippen molar-refractivity contribution in [2.45, 2.75) is 31.8 Å². The molecule has 0 aromatic heterocycles. The Labute approximate surface area is 126 Å². The van der Waals surface area contributed by atoms with Gasteiger partial charge in [0.25, 0.3) is 0 Å². The number of benzene rings is 1. The first-order valence-corrected chi connectivity index (χ1v) is 8.01. The summed E-state index contributed by atoms with van der Waals surface area (Å²) in [7, 11) is 1.99. The molecule has 0 saturated carbocycles. The Morgan fingerprint density at radius 3 is 3.00 bits per heavy atom. The van der Waals surface area contributed by atoms with E-state index in [0.717, 1.165) is 39.0 Å². The van der Waals surface area contributed by atoms with Crippen LogP contribution in [0.3, 0.4) is 0 Å². The van der Waals surface area contributed by atoms with Crippen molar-refractivity contribution in [3.8, 4) is 0 Å². The monoisotopic (exact) mass is 287 g/mol. The lowest BCUT2D eigenvalue weighted by atomic mass is 9.93. The number of likely N-dealkylation sites (tertiary alicyclic amines) is 1. The first kappa shape index (κ1) is 14.5. The first-order chi connectivity index (χ1) is 10.3. The molecule has 0 spiro atoms. The van der Waals surface area contributed by atoms with Gasteiger partial charge in [-0.1, -0.05) is 24.3 Å². The molecule has 2 aliphatic rings. The highest BCUT2D eigenvalue weighted by atomic mass is 16.2. The second-order valence-corrected chi connectivity index (χ2v) is 6.26. The maximum absolute atomic E-state index is 12.8. The number of amides is 1. The smallest absolute Gasteiger partial charge is 0.240 e. The van der Waals surface area contributed by atoms with Gasteiger partial charge in [-0.3, -0.25) is 4.79 Å². The molecule has 1 aromatic rings. The van der Waals surface area contributed by atoms with E-state index in [1.54, 1.807) is 0 Å². The molecule has 1 amide bonds. The topological polar surface area (TPSA) is 44.4 Å². The number of carbonyl (C=O) groups excluding carboxylic acids is 1. The van der Waals surface area contributed by atoms with Crippen molar-refractivity contribution in [2.24, 2.45) is 5.92 Å². The largest absolute Gasteiger partial charge is 0.341 e. The summed E-state index contributed by atoms with van der Waals surface area (Å²) in [5.41, 5.74) is 2.65. The lowest BCUT2D eigenvalue weighted by molar-refractivity contribution is -0.135. The van der Waals surface area contributed by atoms with Gasteiger partial charge in [0.15, 0.2) is 0 Å². The molecule has 4 nitrogen and oxygen atoms in total. The summed E-state index contributed by atoms with van der Waals surface area (Å²) >= 11 is 0. The Kier molecular flexibility index (Phi) is 4.56. The van der Waals surface area contributed by atoms with E-state index < -0.39 is 0 Å². The fourth-order valence-electron chi connectivity index (χ4n) is 3.57. The third-order valence-corrected chi connectivity index (χ3v) is 4.70. The molecule has 1 aromatic carbocycles. The predicted octanol–water partition coefficient (Wildman–Crippen LogP) is 1.16. The Hall–Kier alpha value is -1.39. The highest BCUT2D eigenvalue weighted by Gasteiger charge is 2.30. The number of nitrogens with one attached hydrogen (secondary N) is 2. The van der Waals surface area contributed by atoms with Gasteiger partial charge in [0, 0.05) is 19.6 Å². The van der Waals surface area contributed by atoms with Crippen LogP contribution in [0, 0.1) is 5.92 Å². The van der Waals surface area contributed by atoms with E-state index in [2.05, 4.69) is 39.8 Å². The molecule has 4 heteroatoms. The summed E-state index contributed by atoms with van der Waals surface area (Å²) in [6.45, 7) is 3.63. The van der Waals surface area contributed by atoms with Crippen molar-refractivity contribution in [1.29, 1.82) is 0 Å². The Morgan fingerprint density at radius 2 is 2.19 bits per heavy atom. The van der Waals surface area contributed by atoms with Crippen LogP contribution in [0.25, 0.3) is 0 Å². The van der Waals surface area contributed by atoms with E-state index in [-0.39, 0.29) is 11.9 Å². The number of hydrogen-bond donors (Lipinski definition) is 2. The summed E-state index contributed by atoms with van der Waals surface area (Å²) in [5, 5.41) is 6.65. The van der Waals surface area contributed by atoms with Crippen LogP contribution in [-0.2, 0) is 17.8 Å². The Morgan fingerprint density at radius 1 is 1.38 bits per heavy atom. The van der Waals surface area contributed by atoms with Gasteiger partial charge in [-0.15, -0.1) is 0 Å². The van der Waals surface area contributed by atoms with Crippen LogP contribution >= 0.6 is 0 Å². The second-order valence-electron chi connectivity index (χ2n) is 6.26. The summed E-state index contributed by atoms with van der Waals surface area (Å²) in [6, 6.07) is 8.38. The van der Waals surface area contributed by atoms with E-state index >= 15 is 0 Å². The fraction of sp³-hybridized carbons (Fsp3) is 0.588.